The number of H-pyrrole nitrogens is 1. The van der Waals surface area contributed by atoms with Gasteiger partial charge in [0.15, 0.2) is 5.65 Å². The molecule has 0 aliphatic rings. The first-order valence-corrected chi connectivity index (χ1v) is 8.13. The minimum absolute atomic E-state index is 0.00650. The number of fused-ring (bicyclic) bond motifs is 1. The maximum Gasteiger partial charge on any atom is 0.347 e. The number of pyridine rings is 1. The maximum atomic E-state index is 14.3. The number of rotatable bonds is 2. The zero-order chi connectivity index (χ0) is 19.1. The van der Waals surface area contributed by atoms with Crippen molar-refractivity contribution < 1.29 is 8.78 Å². The van der Waals surface area contributed by atoms with Gasteiger partial charge in [0.2, 0.25) is 0 Å². The van der Waals surface area contributed by atoms with E-state index in [-0.39, 0.29) is 11.3 Å². The molecule has 0 bridgehead atoms. The first-order chi connectivity index (χ1) is 13.0. The second kappa shape index (κ2) is 6.28. The van der Waals surface area contributed by atoms with Crippen molar-refractivity contribution in [2.45, 2.75) is 6.92 Å². The van der Waals surface area contributed by atoms with Crippen molar-refractivity contribution in [3.63, 3.8) is 0 Å². The number of para-hydroxylation sites is 1. The number of hydrogen-bond donors (Lipinski definition) is 1. The number of halogens is 2. The van der Waals surface area contributed by atoms with E-state index in [4.69, 9.17) is 0 Å². The third kappa shape index (κ3) is 2.83. The van der Waals surface area contributed by atoms with Gasteiger partial charge < -0.3 is 4.98 Å². The van der Waals surface area contributed by atoms with Gasteiger partial charge in [0.05, 0.1) is 11.4 Å². The predicted octanol–water partition coefficient (Wildman–Crippen LogP) is 3.33. The summed E-state index contributed by atoms with van der Waals surface area (Å²) in [4.78, 5) is 31.2. The van der Waals surface area contributed by atoms with Gasteiger partial charge in [-0.2, -0.15) is 4.98 Å². The van der Waals surface area contributed by atoms with Crippen LogP contribution in [0.5, 0.6) is 0 Å². The van der Waals surface area contributed by atoms with Crippen LogP contribution in [0.25, 0.3) is 28.0 Å². The van der Waals surface area contributed by atoms with Crippen molar-refractivity contribution in [1.82, 2.24) is 14.5 Å². The van der Waals surface area contributed by atoms with E-state index in [9.17, 15) is 18.4 Å². The Morgan fingerprint density at radius 3 is 2.52 bits per heavy atom. The van der Waals surface area contributed by atoms with Gasteiger partial charge in [0, 0.05) is 17.0 Å². The van der Waals surface area contributed by atoms with Gasteiger partial charge >= 0.3 is 5.69 Å². The van der Waals surface area contributed by atoms with Crippen molar-refractivity contribution >= 4 is 11.0 Å². The summed E-state index contributed by atoms with van der Waals surface area (Å²) in [5.41, 5.74) is 0.362. The number of aromatic nitrogens is 3. The van der Waals surface area contributed by atoms with Crippen molar-refractivity contribution in [2.75, 3.05) is 0 Å². The third-order valence-electron chi connectivity index (χ3n) is 4.33. The molecular formula is C20H13F2N3O2. The standard InChI is InChI=1S/C20H13F2N3O2/c1-11-10-12(21)6-7-13(11)18-14-8-9-17(26)25(19(14)24-20(27)23-18)16-5-3-2-4-15(16)22/h2-10H,1H3,(H,23,24,27). The molecule has 27 heavy (non-hydrogen) atoms. The number of aromatic amines is 1. The molecule has 0 radical (unpaired) electrons. The summed E-state index contributed by atoms with van der Waals surface area (Å²) >= 11 is 0. The van der Waals surface area contributed by atoms with E-state index in [1.807, 2.05) is 0 Å². The molecule has 7 heteroatoms. The Hall–Kier alpha value is -3.61. The molecule has 4 aromatic rings. The van der Waals surface area contributed by atoms with Gasteiger partial charge in [-0.05, 0) is 48.9 Å². The Kier molecular flexibility index (Phi) is 3.92. The summed E-state index contributed by atoms with van der Waals surface area (Å²) in [5.74, 6) is -1.02. The van der Waals surface area contributed by atoms with E-state index in [1.54, 1.807) is 13.0 Å². The Morgan fingerprint density at radius 2 is 1.78 bits per heavy atom. The molecule has 4 rings (SSSR count). The molecule has 2 aromatic carbocycles. The molecule has 0 fully saturated rings. The molecule has 0 aliphatic heterocycles. The van der Waals surface area contributed by atoms with Crippen LogP contribution >= 0.6 is 0 Å². The number of nitrogens with zero attached hydrogens (tertiary/aromatic N) is 2. The molecule has 5 nitrogen and oxygen atoms in total. The molecule has 0 amide bonds. The van der Waals surface area contributed by atoms with E-state index in [0.717, 1.165) is 4.57 Å². The van der Waals surface area contributed by atoms with Gasteiger partial charge in [0.25, 0.3) is 5.56 Å². The largest absolute Gasteiger partial charge is 0.347 e. The molecule has 0 unspecified atom stereocenters. The van der Waals surface area contributed by atoms with Crippen molar-refractivity contribution in [3.05, 3.63) is 92.6 Å². The fraction of sp³-hybridized carbons (Fsp3) is 0.0500. The van der Waals surface area contributed by atoms with Gasteiger partial charge in [-0.1, -0.05) is 12.1 Å². The molecule has 1 N–H and O–H groups in total. The molecule has 0 aliphatic carbocycles. The minimum Gasteiger partial charge on any atom is -0.305 e. The van der Waals surface area contributed by atoms with Gasteiger partial charge in [0.1, 0.15) is 11.6 Å². The lowest BCUT2D eigenvalue weighted by Crippen LogP contribution is -2.23. The van der Waals surface area contributed by atoms with Gasteiger partial charge in [-0.15, -0.1) is 0 Å². The summed E-state index contributed by atoms with van der Waals surface area (Å²) < 4.78 is 28.8. The van der Waals surface area contributed by atoms with E-state index < -0.39 is 22.9 Å². The van der Waals surface area contributed by atoms with Crippen LogP contribution in [0.2, 0.25) is 0 Å². The Bertz CT molecular complexity index is 1310. The lowest BCUT2D eigenvalue weighted by atomic mass is 10.0. The van der Waals surface area contributed by atoms with Crippen LogP contribution in [0.15, 0.2) is 64.2 Å². The van der Waals surface area contributed by atoms with Crippen LogP contribution in [0.4, 0.5) is 8.78 Å². The predicted molar refractivity (Wildman–Crippen MR) is 98.0 cm³/mol. The third-order valence-corrected chi connectivity index (χ3v) is 4.33. The number of aryl methyl sites for hydroxylation is 1. The van der Waals surface area contributed by atoms with Gasteiger partial charge in [-0.25, -0.2) is 13.6 Å². The second-order valence-electron chi connectivity index (χ2n) is 6.07. The summed E-state index contributed by atoms with van der Waals surface area (Å²) in [6.45, 7) is 1.70. The summed E-state index contributed by atoms with van der Waals surface area (Å²) in [7, 11) is 0. The SMILES string of the molecule is Cc1cc(F)ccc1-c1[nH]c(=O)nc2c1ccc(=O)n2-c1ccccc1F. The van der Waals surface area contributed by atoms with Crippen molar-refractivity contribution in [1.29, 1.82) is 0 Å². The number of nitrogens with one attached hydrogen (secondary N) is 1. The fourth-order valence-corrected chi connectivity index (χ4v) is 3.12. The highest BCUT2D eigenvalue weighted by atomic mass is 19.1. The minimum atomic E-state index is -0.697. The van der Waals surface area contributed by atoms with Crippen LogP contribution in [0.1, 0.15) is 5.56 Å². The van der Waals surface area contributed by atoms with E-state index in [0.29, 0.717) is 22.2 Å². The van der Waals surface area contributed by atoms with Gasteiger partial charge in [-0.3, -0.25) is 9.36 Å². The Labute approximate surface area is 151 Å². The Morgan fingerprint density at radius 1 is 1.00 bits per heavy atom. The van der Waals surface area contributed by atoms with E-state index in [2.05, 4.69) is 9.97 Å². The molecule has 2 heterocycles. The highest BCUT2D eigenvalue weighted by Gasteiger charge is 2.16. The monoisotopic (exact) mass is 365 g/mol. The lowest BCUT2D eigenvalue weighted by Gasteiger charge is -2.13. The first-order valence-electron chi connectivity index (χ1n) is 8.13. The quantitative estimate of drug-likeness (QED) is 0.593. The summed E-state index contributed by atoms with van der Waals surface area (Å²) in [6, 6.07) is 12.7. The maximum absolute atomic E-state index is 14.3. The zero-order valence-corrected chi connectivity index (χ0v) is 14.2. The fourth-order valence-electron chi connectivity index (χ4n) is 3.12. The Balaban J connectivity index is 2.14. The lowest BCUT2D eigenvalue weighted by molar-refractivity contribution is 0.617. The average molecular weight is 365 g/mol. The molecule has 134 valence electrons. The number of benzene rings is 2. The number of hydrogen-bond acceptors (Lipinski definition) is 3. The molecule has 0 saturated heterocycles. The van der Waals surface area contributed by atoms with Crippen LogP contribution in [0, 0.1) is 18.6 Å². The van der Waals surface area contributed by atoms with E-state index >= 15 is 0 Å². The van der Waals surface area contributed by atoms with Crippen molar-refractivity contribution in [3.8, 4) is 16.9 Å². The normalized spacial score (nSPS) is 11.1. The first kappa shape index (κ1) is 16.8. The molecular weight excluding hydrogens is 352 g/mol. The van der Waals surface area contributed by atoms with E-state index in [1.165, 1.54) is 48.5 Å². The second-order valence-corrected chi connectivity index (χ2v) is 6.07. The highest BCUT2D eigenvalue weighted by molar-refractivity contribution is 5.91. The van der Waals surface area contributed by atoms with Crippen LogP contribution in [-0.2, 0) is 0 Å². The topological polar surface area (TPSA) is 67.8 Å². The highest BCUT2D eigenvalue weighted by Crippen LogP contribution is 2.28. The van der Waals surface area contributed by atoms with Crippen molar-refractivity contribution in [2.24, 2.45) is 0 Å². The summed E-state index contributed by atoms with van der Waals surface area (Å²) in [5, 5.41) is 0.437. The van der Waals surface area contributed by atoms with Crippen LogP contribution in [-0.4, -0.2) is 14.5 Å². The average Bonchev–Trinajstić information content (AvgIpc) is 2.62. The molecule has 0 saturated carbocycles. The molecule has 0 atom stereocenters. The smallest absolute Gasteiger partial charge is 0.305 e. The zero-order valence-electron chi connectivity index (χ0n) is 14.2. The molecule has 2 aromatic heterocycles. The summed E-state index contributed by atoms with van der Waals surface area (Å²) in [6.07, 6.45) is 0. The van der Waals surface area contributed by atoms with Crippen LogP contribution in [0.3, 0.4) is 0 Å². The molecule has 0 spiro atoms. The van der Waals surface area contributed by atoms with Crippen LogP contribution < -0.4 is 11.2 Å².